The molecule has 0 unspecified atom stereocenters. The van der Waals surface area contributed by atoms with E-state index < -0.39 is 0 Å². The van der Waals surface area contributed by atoms with Gasteiger partial charge in [0.25, 0.3) is 0 Å². The maximum absolute atomic E-state index is 5.98. The minimum absolute atomic E-state index is 0. The first-order valence-corrected chi connectivity index (χ1v) is 7.86. The second-order valence-corrected chi connectivity index (χ2v) is 6.36. The predicted octanol–water partition coefficient (Wildman–Crippen LogP) is 3.80. The molecule has 0 radical (unpaired) electrons. The van der Waals surface area contributed by atoms with Crippen molar-refractivity contribution in [2.24, 2.45) is 11.7 Å². The van der Waals surface area contributed by atoms with Gasteiger partial charge in [0.2, 0.25) is 0 Å². The highest BCUT2D eigenvalue weighted by Gasteiger charge is 2.20. The van der Waals surface area contributed by atoms with Crippen molar-refractivity contribution in [3.8, 4) is 0 Å². The Morgan fingerprint density at radius 3 is 2.38 bits per heavy atom. The van der Waals surface area contributed by atoms with Crippen LogP contribution >= 0.6 is 24.8 Å². The van der Waals surface area contributed by atoms with E-state index in [1.54, 1.807) is 11.1 Å². The summed E-state index contributed by atoms with van der Waals surface area (Å²) in [5, 5.41) is 0. The maximum atomic E-state index is 5.98. The van der Waals surface area contributed by atoms with Gasteiger partial charge >= 0.3 is 0 Å². The number of nitrogens with two attached hydrogens (primary N) is 1. The third kappa shape index (κ3) is 5.14. The number of hydrogen-bond acceptors (Lipinski definition) is 2. The Morgan fingerprint density at radius 1 is 1.00 bits per heavy atom. The summed E-state index contributed by atoms with van der Waals surface area (Å²) in [6.07, 6.45) is 7.79. The molecule has 1 aromatic carbocycles. The van der Waals surface area contributed by atoms with E-state index in [9.17, 15) is 0 Å². The molecule has 1 aliphatic carbocycles. The monoisotopic (exact) mass is 330 g/mol. The first-order chi connectivity index (χ1) is 9.31. The first-order valence-electron chi connectivity index (χ1n) is 7.86. The summed E-state index contributed by atoms with van der Waals surface area (Å²) < 4.78 is 0. The third-order valence-corrected chi connectivity index (χ3v) is 4.95. The van der Waals surface area contributed by atoms with Gasteiger partial charge in [-0.2, -0.15) is 0 Å². The van der Waals surface area contributed by atoms with Crippen molar-refractivity contribution in [2.45, 2.75) is 51.1 Å². The summed E-state index contributed by atoms with van der Waals surface area (Å²) in [5.41, 5.74) is 9.08. The smallest absolute Gasteiger partial charge is 0.0236 e. The minimum atomic E-state index is 0. The van der Waals surface area contributed by atoms with Gasteiger partial charge in [-0.15, -0.1) is 24.8 Å². The Morgan fingerprint density at radius 2 is 1.67 bits per heavy atom. The number of benzene rings is 1. The molecule has 2 aliphatic rings. The second kappa shape index (κ2) is 8.99. The zero-order valence-electron chi connectivity index (χ0n) is 12.7. The number of fused-ring (bicyclic) bond motifs is 1. The van der Waals surface area contributed by atoms with Crippen LogP contribution < -0.4 is 5.73 Å². The van der Waals surface area contributed by atoms with E-state index >= 15 is 0 Å². The maximum Gasteiger partial charge on any atom is 0.0236 e. The molecule has 1 saturated carbocycles. The Balaban J connectivity index is 0.00000110. The van der Waals surface area contributed by atoms with Gasteiger partial charge in [0.1, 0.15) is 0 Å². The normalized spacial score (nSPS) is 25.4. The van der Waals surface area contributed by atoms with Crippen molar-refractivity contribution >= 4 is 24.8 Å². The number of nitrogens with zero attached hydrogens (tertiary/aromatic N) is 1. The Hall–Kier alpha value is -0.280. The number of halogens is 2. The van der Waals surface area contributed by atoms with Crippen molar-refractivity contribution in [3.63, 3.8) is 0 Å². The van der Waals surface area contributed by atoms with Gasteiger partial charge in [-0.05, 0) is 62.1 Å². The minimum Gasteiger partial charge on any atom is -0.328 e. The Bertz CT molecular complexity index is 417. The number of hydrogen-bond donors (Lipinski definition) is 1. The van der Waals surface area contributed by atoms with E-state index in [0.29, 0.717) is 6.04 Å². The standard InChI is InChI=1S/C17H26N2.2ClH/c18-17-7-5-14(6-8-17)9-11-19-12-10-15-3-1-2-4-16(15)13-19;;/h1-4,14,17H,5-13,18H2;2*1H. The van der Waals surface area contributed by atoms with Crippen LogP contribution in [0.2, 0.25) is 0 Å². The predicted molar refractivity (Wildman–Crippen MR) is 94.5 cm³/mol. The highest BCUT2D eigenvalue weighted by atomic mass is 35.5. The van der Waals surface area contributed by atoms with Crippen molar-refractivity contribution in [3.05, 3.63) is 35.4 Å². The summed E-state index contributed by atoms with van der Waals surface area (Å²) in [5.74, 6) is 0.928. The topological polar surface area (TPSA) is 29.3 Å². The molecule has 1 heterocycles. The SMILES string of the molecule is Cl.Cl.NC1CCC(CCN2CCc3ccccc3C2)CC1. The van der Waals surface area contributed by atoms with E-state index in [1.807, 2.05) is 0 Å². The first kappa shape index (κ1) is 18.8. The third-order valence-electron chi connectivity index (χ3n) is 4.95. The molecule has 1 aromatic rings. The molecular weight excluding hydrogens is 303 g/mol. The molecule has 0 aromatic heterocycles. The van der Waals surface area contributed by atoms with Crippen molar-refractivity contribution in [1.82, 2.24) is 4.90 Å². The molecule has 0 spiro atoms. The van der Waals surface area contributed by atoms with Gasteiger partial charge < -0.3 is 5.73 Å². The molecule has 1 fully saturated rings. The van der Waals surface area contributed by atoms with Crippen molar-refractivity contribution in [2.75, 3.05) is 13.1 Å². The molecule has 1 aliphatic heterocycles. The van der Waals surface area contributed by atoms with Crippen LogP contribution in [0.25, 0.3) is 0 Å². The van der Waals surface area contributed by atoms with Gasteiger partial charge in [-0.3, -0.25) is 4.90 Å². The van der Waals surface area contributed by atoms with Crippen LogP contribution in [-0.4, -0.2) is 24.0 Å². The quantitative estimate of drug-likeness (QED) is 0.913. The average molecular weight is 331 g/mol. The highest BCUT2D eigenvalue weighted by Crippen LogP contribution is 2.27. The molecule has 120 valence electrons. The highest BCUT2D eigenvalue weighted by molar-refractivity contribution is 5.85. The zero-order chi connectivity index (χ0) is 13.1. The van der Waals surface area contributed by atoms with Crippen LogP contribution in [0.15, 0.2) is 24.3 Å². The summed E-state index contributed by atoms with van der Waals surface area (Å²) >= 11 is 0. The summed E-state index contributed by atoms with van der Waals surface area (Å²) in [6, 6.07) is 9.40. The molecule has 2 N–H and O–H groups in total. The Kier molecular flexibility index (Phi) is 8.04. The van der Waals surface area contributed by atoms with Crippen LogP contribution in [0.5, 0.6) is 0 Å². The van der Waals surface area contributed by atoms with Crippen LogP contribution in [0.4, 0.5) is 0 Å². The van der Waals surface area contributed by atoms with Crippen molar-refractivity contribution < 1.29 is 0 Å². The van der Waals surface area contributed by atoms with E-state index in [4.69, 9.17) is 5.73 Å². The summed E-state index contributed by atoms with van der Waals surface area (Å²) in [4.78, 5) is 2.64. The fourth-order valence-electron chi connectivity index (χ4n) is 3.59. The van der Waals surface area contributed by atoms with E-state index in [1.165, 1.54) is 51.6 Å². The molecule has 3 rings (SSSR count). The molecule has 0 atom stereocenters. The van der Waals surface area contributed by atoms with Crippen LogP contribution in [0, 0.1) is 5.92 Å². The van der Waals surface area contributed by atoms with Crippen LogP contribution in [0.3, 0.4) is 0 Å². The lowest BCUT2D eigenvalue weighted by Gasteiger charge is -2.32. The lowest BCUT2D eigenvalue weighted by atomic mass is 9.84. The van der Waals surface area contributed by atoms with Crippen LogP contribution in [-0.2, 0) is 13.0 Å². The van der Waals surface area contributed by atoms with E-state index in [-0.39, 0.29) is 24.8 Å². The molecule has 4 heteroatoms. The van der Waals surface area contributed by atoms with Gasteiger partial charge in [-0.1, -0.05) is 24.3 Å². The van der Waals surface area contributed by atoms with Crippen molar-refractivity contribution in [1.29, 1.82) is 0 Å². The Labute approximate surface area is 141 Å². The fourth-order valence-corrected chi connectivity index (χ4v) is 3.59. The zero-order valence-corrected chi connectivity index (χ0v) is 14.3. The van der Waals surface area contributed by atoms with E-state index in [0.717, 1.165) is 12.5 Å². The van der Waals surface area contributed by atoms with E-state index in [2.05, 4.69) is 29.2 Å². The lowest BCUT2D eigenvalue weighted by Crippen LogP contribution is -2.33. The van der Waals surface area contributed by atoms with Gasteiger partial charge in [0.15, 0.2) is 0 Å². The number of rotatable bonds is 3. The summed E-state index contributed by atoms with van der Waals surface area (Å²) in [7, 11) is 0. The van der Waals surface area contributed by atoms with Gasteiger partial charge in [0.05, 0.1) is 0 Å². The largest absolute Gasteiger partial charge is 0.328 e. The lowest BCUT2D eigenvalue weighted by molar-refractivity contribution is 0.213. The average Bonchev–Trinajstić information content (AvgIpc) is 2.46. The molecule has 0 bridgehead atoms. The van der Waals surface area contributed by atoms with Gasteiger partial charge in [-0.25, -0.2) is 0 Å². The van der Waals surface area contributed by atoms with Crippen LogP contribution in [0.1, 0.15) is 43.2 Å². The fraction of sp³-hybridized carbons (Fsp3) is 0.647. The van der Waals surface area contributed by atoms with Gasteiger partial charge in [0, 0.05) is 19.1 Å². The molecule has 0 saturated heterocycles. The molecular formula is C17H28Cl2N2. The molecule has 21 heavy (non-hydrogen) atoms. The molecule has 0 amide bonds. The second-order valence-electron chi connectivity index (χ2n) is 6.36. The summed E-state index contributed by atoms with van der Waals surface area (Å²) in [6.45, 7) is 3.67. The molecule has 2 nitrogen and oxygen atoms in total.